The Balaban J connectivity index is 2.01. The molecule has 0 radical (unpaired) electrons. The van der Waals surface area contributed by atoms with E-state index >= 15 is 0 Å². The van der Waals surface area contributed by atoms with Gasteiger partial charge in [0.25, 0.3) is 0 Å². The summed E-state index contributed by atoms with van der Waals surface area (Å²) in [5.41, 5.74) is 1.90. The zero-order valence-electron chi connectivity index (χ0n) is 14.9. The first-order valence-corrected chi connectivity index (χ1v) is 8.81. The Labute approximate surface area is 154 Å². The van der Waals surface area contributed by atoms with E-state index in [-0.39, 0.29) is 5.82 Å². The Bertz CT molecular complexity index is 674. The van der Waals surface area contributed by atoms with E-state index in [0.717, 1.165) is 30.6 Å². The molecule has 2 aromatic carbocycles. The maximum absolute atomic E-state index is 13.0. The van der Waals surface area contributed by atoms with Crippen molar-refractivity contribution in [2.24, 2.45) is 5.92 Å². The predicted octanol–water partition coefficient (Wildman–Crippen LogP) is 5.20. The lowest BCUT2D eigenvalue weighted by Crippen LogP contribution is -2.16. The first-order valence-electron chi connectivity index (χ1n) is 8.44. The molecule has 2 aromatic rings. The Morgan fingerprint density at radius 1 is 1.12 bits per heavy atom. The number of hydrogen-bond donors (Lipinski definition) is 1. The van der Waals surface area contributed by atoms with Gasteiger partial charge < -0.3 is 14.8 Å². The quantitative estimate of drug-likeness (QED) is 0.619. The molecule has 0 amide bonds. The van der Waals surface area contributed by atoms with Crippen molar-refractivity contribution in [3.8, 4) is 11.5 Å². The number of rotatable bonds is 9. The Kier molecular flexibility index (Phi) is 7.53. The van der Waals surface area contributed by atoms with Crippen LogP contribution < -0.4 is 14.8 Å². The number of hydrogen-bond acceptors (Lipinski definition) is 3. The number of benzene rings is 2. The molecule has 0 bridgehead atoms. The van der Waals surface area contributed by atoms with Crippen LogP contribution in [0.25, 0.3) is 0 Å². The van der Waals surface area contributed by atoms with Crippen LogP contribution in [-0.2, 0) is 13.2 Å². The van der Waals surface area contributed by atoms with Gasteiger partial charge in [0, 0.05) is 6.54 Å². The second-order valence-electron chi connectivity index (χ2n) is 6.38. The van der Waals surface area contributed by atoms with Crippen molar-refractivity contribution in [2.45, 2.75) is 33.4 Å². The van der Waals surface area contributed by atoms with E-state index in [1.807, 2.05) is 12.1 Å². The molecule has 2 rings (SSSR count). The van der Waals surface area contributed by atoms with E-state index in [4.69, 9.17) is 21.1 Å². The highest BCUT2D eigenvalue weighted by molar-refractivity contribution is 6.32. The molecule has 0 heterocycles. The van der Waals surface area contributed by atoms with Crippen molar-refractivity contribution in [2.75, 3.05) is 13.7 Å². The van der Waals surface area contributed by atoms with Gasteiger partial charge in [-0.1, -0.05) is 37.6 Å². The van der Waals surface area contributed by atoms with Crippen LogP contribution in [0, 0.1) is 11.7 Å². The lowest BCUT2D eigenvalue weighted by Gasteiger charge is -2.15. The average molecular weight is 366 g/mol. The molecule has 0 atom stereocenters. The third kappa shape index (κ3) is 6.22. The highest BCUT2D eigenvalue weighted by Gasteiger charge is 2.12. The minimum absolute atomic E-state index is 0.270. The summed E-state index contributed by atoms with van der Waals surface area (Å²) in [6.07, 6.45) is 1.13. The number of methoxy groups -OCH3 is 1. The standard InChI is InChI=1S/C20H25ClFNO2/c1-14(2)8-9-23-12-16-10-18(21)20(19(11-16)24-3)25-13-15-4-6-17(22)7-5-15/h4-7,10-11,14,23H,8-9,12-13H2,1-3H3. The van der Waals surface area contributed by atoms with Gasteiger partial charge in [0.05, 0.1) is 12.1 Å². The predicted molar refractivity (Wildman–Crippen MR) is 99.9 cm³/mol. The third-order valence-corrected chi connectivity index (χ3v) is 4.09. The summed E-state index contributed by atoms with van der Waals surface area (Å²) in [5, 5.41) is 3.91. The van der Waals surface area contributed by atoms with Gasteiger partial charge in [-0.2, -0.15) is 0 Å². The molecule has 25 heavy (non-hydrogen) atoms. The normalized spacial score (nSPS) is 11.0. The molecule has 0 unspecified atom stereocenters. The summed E-state index contributed by atoms with van der Waals surface area (Å²) in [6, 6.07) is 9.99. The Hall–Kier alpha value is -1.78. The molecule has 1 N–H and O–H groups in total. The molecule has 0 aromatic heterocycles. The van der Waals surface area contributed by atoms with Crippen molar-refractivity contribution in [1.82, 2.24) is 5.32 Å². The first kappa shape index (κ1) is 19.5. The van der Waals surface area contributed by atoms with Gasteiger partial charge in [0.1, 0.15) is 12.4 Å². The summed E-state index contributed by atoms with van der Waals surface area (Å²) < 4.78 is 24.2. The monoisotopic (exact) mass is 365 g/mol. The van der Waals surface area contributed by atoms with Crippen LogP contribution in [0.15, 0.2) is 36.4 Å². The topological polar surface area (TPSA) is 30.5 Å². The fourth-order valence-electron chi connectivity index (χ4n) is 2.37. The summed E-state index contributed by atoms with van der Waals surface area (Å²) in [5.74, 6) is 1.50. The minimum atomic E-state index is -0.270. The molecule has 0 saturated heterocycles. The molecule has 0 saturated carbocycles. The second-order valence-corrected chi connectivity index (χ2v) is 6.79. The van der Waals surface area contributed by atoms with E-state index in [1.165, 1.54) is 12.1 Å². The van der Waals surface area contributed by atoms with Crippen molar-refractivity contribution < 1.29 is 13.9 Å². The molecule has 5 heteroatoms. The first-order chi connectivity index (χ1) is 12.0. The zero-order valence-corrected chi connectivity index (χ0v) is 15.7. The molecule has 0 aliphatic carbocycles. The van der Waals surface area contributed by atoms with Crippen LogP contribution in [0.3, 0.4) is 0 Å². The van der Waals surface area contributed by atoms with Crippen molar-refractivity contribution in [3.05, 3.63) is 58.4 Å². The maximum atomic E-state index is 13.0. The van der Waals surface area contributed by atoms with E-state index < -0.39 is 0 Å². The SMILES string of the molecule is COc1cc(CNCCC(C)C)cc(Cl)c1OCc1ccc(F)cc1. The summed E-state index contributed by atoms with van der Waals surface area (Å²) in [7, 11) is 1.59. The van der Waals surface area contributed by atoms with Crippen molar-refractivity contribution in [3.63, 3.8) is 0 Å². The highest BCUT2D eigenvalue weighted by atomic mass is 35.5. The Morgan fingerprint density at radius 3 is 2.48 bits per heavy atom. The van der Waals surface area contributed by atoms with Gasteiger partial charge in [-0.3, -0.25) is 0 Å². The van der Waals surface area contributed by atoms with Crippen LogP contribution in [0.2, 0.25) is 5.02 Å². The number of halogens is 2. The fourth-order valence-corrected chi connectivity index (χ4v) is 2.66. The average Bonchev–Trinajstić information content (AvgIpc) is 2.58. The minimum Gasteiger partial charge on any atom is -0.493 e. The molecule has 136 valence electrons. The zero-order chi connectivity index (χ0) is 18.2. The van der Waals surface area contributed by atoms with Crippen molar-refractivity contribution >= 4 is 11.6 Å². The molecule has 0 spiro atoms. The van der Waals surface area contributed by atoms with Crippen molar-refractivity contribution in [1.29, 1.82) is 0 Å². The van der Waals surface area contributed by atoms with Gasteiger partial charge in [-0.15, -0.1) is 0 Å². The van der Waals surface area contributed by atoms with E-state index in [0.29, 0.717) is 29.0 Å². The number of nitrogens with one attached hydrogen (secondary N) is 1. The molecular formula is C20H25ClFNO2. The van der Waals surface area contributed by atoms with Gasteiger partial charge in [-0.25, -0.2) is 4.39 Å². The number of ether oxygens (including phenoxy) is 2. The molecule has 0 fully saturated rings. The van der Waals surface area contributed by atoms with E-state index in [1.54, 1.807) is 19.2 Å². The van der Waals surface area contributed by atoms with Gasteiger partial charge in [0.15, 0.2) is 11.5 Å². The molecule has 0 aliphatic rings. The Morgan fingerprint density at radius 2 is 1.84 bits per heavy atom. The van der Waals surface area contributed by atoms with Gasteiger partial charge >= 0.3 is 0 Å². The summed E-state index contributed by atoms with van der Waals surface area (Å²) in [6.45, 7) is 6.38. The van der Waals surface area contributed by atoms with E-state index in [2.05, 4.69) is 19.2 Å². The van der Waals surface area contributed by atoms with E-state index in [9.17, 15) is 4.39 Å². The third-order valence-electron chi connectivity index (χ3n) is 3.81. The fraction of sp³-hybridized carbons (Fsp3) is 0.400. The van der Waals surface area contributed by atoms with Crippen LogP contribution in [0.1, 0.15) is 31.4 Å². The maximum Gasteiger partial charge on any atom is 0.180 e. The van der Waals surface area contributed by atoms with Crippen LogP contribution in [0.5, 0.6) is 11.5 Å². The molecule has 0 aliphatic heterocycles. The second kappa shape index (κ2) is 9.64. The summed E-state index contributed by atoms with van der Waals surface area (Å²) >= 11 is 6.38. The highest BCUT2D eigenvalue weighted by Crippen LogP contribution is 2.37. The lowest BCUT2D eigenvalue weighted by atomic mass is 10.1. The largest absolute Gasteiger partial charge is 0.493 e. The van der Waals surface area contributed by atoms with Crippen LogP contribution in [-0.4, -0.2) is 13.7 Å². The summed E-state index contributed by atoms with van der Waals surface area (Å²) in [4.78, 5) is 0. The smallest absolute Gasteiger partial charge is 0.180 e. The van der Waals surface area contributed by atoms with Crippen LogP contribution >= 0.6 is 11.6 Å². The molecule has 3 nitrogen and oxygen atoms in total. The lowest BCUT2D eigenvalue weighted by molar-refractivity contribution is 0.284. The molecular weight excluding hydrogens is 341 g/mol. The van der Waals surface area contributed by atoms with Gasteiger partial charge in [-0.05, 0) is 54.3 Å². The van der Waals surface area contributed by atoms with Crippen LogP contribution in [0.4, 0.5) is 4.39 Å². The van der Waals surface area contributed by atoms with Gasteiger partial charge in [0.2, 0.25) is 0 Å².